The SMILES string of the molecule is O=C1c2ccccc2-c2nn(C(=O)c3cc4c(s3)CCC4)c3cccc1c23. The van der Waals surface area contributed by atoms with Crippen LogP contribution in [0, 0.1) is 0 Å². The summed E-state index contributed by atoms with van der Waals surface area (Å²) >= 11 is 1.58. The smallest absolute Gasteiger partial charge is 0.288 e. The van der Waals surface area contributed by atoms with Crippen molar-refractivity contribution in [3.8, 4) is 11.3 Å². The summed E-state index contributed by atoms with van der Waals surface area (Å²) in [5.74, 6) is -0.125. The molecule has 0 radical (unpaired) electrons. The van der Waals surface area contributed by atoms with Crippen LogP contribution in [0.3, 0.4) is 0 Å². The monoisotopic (exact) mass is 370 g/mol. The number of rotatable bonds is 1. The van der Waals surface area contributed by atoms with Crippen molar-refractivity contribution in [2.24, 2.45) is 0 Å². The number of carbonyl (C=O) groups excluding carboxylic acids is 2. The first-order chi connectivity index (χ1) is 13.2. The summed E-state index contributed by atoms with van der Waals surface area (Å²) in [7, 11) is 0. The molecule has 2 aliphatic rings. The zero-order valence-corrected chi connectivity index (χ0v) is 15.2. The summed E-state index contributed by atoms with van der Waals surface area (Å²) in [6.07, 6.45) is 3.29. The number of hydrogen-bond acceptors (Lipinski definition) is 4. The van der Waals surface area contributed by atoms with E-state index in [2.05, 4.69) is 5.10 Å². The second-order valence-electron chi connectivity index (χ2n) is 7.05. The zero-order chi connectivity index (χ0) is 18.1. The van der Waals surface area contributed by atoms with Gasteiger partial charge >= 0.3 is 0 Å². The minimum absolute atomic E-state index is 0.00852. The van der Waals surface area contributed by atoms with Crippen molar-refractivity contribution in [3.63, 3.8) is 0 Å². The van der Waals surface area contributed by atoms with Gasteiger partial charge < -0.3 is 0 Å². The lowest BCUT2D eigenvalue weighted by Gasteiger charge is -2.13. The van der Waals surface area contributed by atoms with Gasteiger partial charge in [0.2, 0.25) is 0 Å². The second-order valence-corrected chi connectivity index (χ2v) is 8.19. The molecule has 4 nitrogen and oxygen atoms in total. The van der Waals surface area contributed by atoms with E-state index in [9.17, 15) is 9.59 Å². The topological polar surface area (TPSA) is 52.0 Å². The molecule has 0 unspecified atom stereocenters. The molecule has 0 atom stereocenters. The molecule has 130 valence electrons. The Bertz CT molecular complexity index is 1270. The molecule has 5 heteroatoms. The number of hydrogen-bond donors (Lipinski definition) is 0. The van der Waals surface area contributed by atoms with Gasteiger partial charge in [-0.15, -0.1) is 11.3 Å². The minimum atomic E-state index is -0.116. The van der Waals surface area contributed by atoms with Crippen molar-refractivity contribution in [3.05, 3.63) is 75.0 Å². The van der Waals surface area contributed by atoms with Gasteiger partial charge in [-0.05, 0) is 37.0 Å². The van der Waals surface area contributed by atoms with Gasteiger partial charge in [-0.25, -0.2) is 0 Å². The quantitative estimate of drug-likeness (QED) is 0.437. The number of aromatic nitrogens is 2. The van der Waals surface area contributed by atoms with E-state index in [1.54, 1.807) is 11.3 Å². The Morgan fingerprint density at radius 2 is 1.81 bits per heavy atom. The molecule has 0 bridgehead atoms. The molecule has 0 fully saturated rings. The van der Waals surface area contributed by atoms with E-state index >= 15 is 0 Å². The molecular weight excluding hydrogens is 356 g/mol. The average molecular weight is 370 g/mol. The van der Waals surface area contributed by atoms with Crippen LogP contribution in [-0.4, -0.2) is 21.5 Å². The highest BCUT2D eigenvalue weighted by molar-refractivity contribution is 7.14. The maximum Gasteiger partial charge on any atom is 0.288 e. The van der Waals surface area contributed by atoms with Crippen molar-refractivity contribution in [1.29, 1.82) is 0 Å². The largest absolute Gasteiger partial charge is 0.289 e. The molecule has 0 spiro atoms. The molecule has 0 saturated heterocycles. The van der Waals surface area contributed by atoms with Crippen LogP contribution in [0.1, 0.15) is 42.5 Å². The highest BCUT2D eigenvalue weighted by Crippen LogP contribution is 2.39. The lowest BCUT2D eigenvalue weighted by atomic mass is 9.87. The summed E-state index contributed by atoms with van der Waals surface area (Å²) in [6.45, 7) is 0. The van der Waals surface area contributed by atoms with Gasteiger partial charge in [-0.2, -0.15) is 9.78 Å². The summed E-state index contributed by atoms with van der Waals surface area (Å²) in [5, 5.41) is 5.45. The number of aryl methyl sites for hydroxylation is 2. The van der Waals surface area contributed by atoms with Crippen LogP contribution < -0.4 is 0 Å². The van der Waals surface area contributed by atoms with E-state index in [1.165, 1.54) is 21.5 Å². The number of fused-ring (bicyclic) bond motifs is 3. The van der Waals surface area contributed by atoms with Crippen LogP contribution in [-0.2, 0) is 12.8 Å². The summed E-state index contributed by atoms with van der Waals surface area (Å²) in [5.41, 5.74) is 4.77. The van der Waals surface area contributed by atoms with Crippen LogP contribution in [0.5, 0.6) is 0 Å². The zero-order valence-electron chi connectivity index (χ0n) is 14.4. The first kappa shape index (κ1) is 15.1. The van der Waals surface area contributed by atoms with E-state index in [0.717, 1.165) is 28.7 Å². The average Bonchev–Trinajstić information content (AvgIpc) is 3.39. The van der Waals surface area contributed by atoms with Gasteiger partial charge in [0.25, 0.3) is 5.91 Å². The highest BCUT2D eigenvalue weighted by atomic mass is 32.1. The van der Waals surface area contributed by atoms with Gasteiger partial charge in [0, 0.05) is 27.0 Å². The molecule has 2 aromatic carbocycles. The van der Waals surface area contributed by atoms with E-state index < -0.39 is 0 Å². The third kappa shape index (κ3) is 1.95. The summed E-state index contributed by atoms with van der Waals surface area (Å²) in [4.78, 5) is 28.2. The first-order valence-corrected chi connectivity index (χ1v) is 9.86. The molecule has 0 aliphatic heterocycles. The molecule has 0 saturated carbocycles. The highest BCUT2D eigenvalue weighted by Gasteiger charge is 2.30. The van der Waals surface area contributed by atoms with E-state index in [0.29, 0.717) is 22.3 Å². The predicted molar refractivity (Wildman–Crippen MR) is 105 cm³/mol. The first-order valence-electron chi connectivity index (χ1n) is 9.04. The third-order valence-corrected chi connectivity index (χ3v) is 6.75. The fourth-order valence-corrected chi connectivity index (χ4v) is 5.45. The van der Waals surface area contributed by atoms with Gasteiger partial charge in [0.15, 0.2) is 5.78 Å². The molecule has 2 aromatic heterocycles. The van der Waals surface area contributed by atoms with Gasteiger partial charge in [0.1, 0.15) is 5.69 Å². The molecular formula is C22H14N2O2S. The number of carbonyl (C=O) groups is 2. The van der Waals surface area contributed by atoms with E-state index in [-0.39, 0.29) is 11.7 Å². The van der Waals surface area contributed by atoms with Crippen LogP contribution in [0.25, 0.3) is 22.2 Å². The normalized spacial score (nSPS) is 14.4. The van der Waals surface area contributed by atoms with Crippen molar-refractivity contribution in [2.45, 2.75) is 19.3 Å². The molecule has 2 heterocycles. The Labute approximate surface area is 159 Å². The van der Waals surface area contributed by atoms with E-state index in [1.807, 2.05) is 48.5 Å². The lowest BCUT2D eigenvalue weighted by molar-refractivity contribution is 0.0954. The second kappa shape index (κ2) is 5.24. The van der Waals surface area contributed by atoms with Crippen LogP contribution in [0.2, 0.25) is 0 Å². The van der Waals surface area contributed by atoms with Crippen LogP contribution in [0.4, 0.5) is 0 Å². The fraction of sp³-hybridized carbons (Fsp3) is 0.136. The Hall–Kier alpha value is -3.05. The van der Waals surface area contributed by atoms with Crippen molar-refractivity contribution in [2.75, 3.05) is 0 Å². The standard InChI is InChI=1S/C22H14N2O2S/c25-21-14-7-2-1-6-13(14)20-19-15(21)8-4-9-16(19)24(23-20)22(26)18-11-12-5-3-10-17(12)27-18/h1-2,4,6-9,11H,3,5,10H2. The summed E-state index contributed by atoms with van der Waals surface area (Å²) in [6, 6.07) is 15.0. The maximum atomic E-state index is 13.2. The van der Waals surface area contributed by atoms with Gasteiger partial charge in [-0.1, -0.05) is 36.4 Å². The minimum Gasteiger partial charge on any atom is -0.289 e. The third-order valence-electron chi connectivity index (χ3n) is 5.53. The molecule has 6 rings (SSSR count). The van der Waals surface area contributed by atoms with Crippen LogP contribution in [0.15, 0.2) is 48.5 Å². The maximum absolute atomic E-state index is 13.2. The predicted octanol–water partition coefficient (Wildman–Crippen LogP) is 4.49. The summed E-state index contributed by atoms with van der Waals surface area (Å²) < 4.78 is 1.48. The molecule has 4 aromatic rings. The number of ketones is 1. The fourth-order valence-electron chi connectivity index (χ4n) is 4.27. The van der Waals surface area contributed by atoms with Crippen molar-refractivity contribution in [1.82, 2.24) is 9.78 Å². The van der Waals surface area contributed by atoms with Crippen molar-refractivity contribution >= 4 is 33.9 Å². The Morgan fingerprint density at radius 3 is 2.67 bits per heavy atom. The van der Waals surface area contributed by atoms with Crippen LogP contribution >= 0.6 is 11.3 Å². The Morgan fingerprint density at radius 1 is 1.00 bits per heavy atom. The van der Waals surface area contributed by atoms with Crippen molar-refractivity contribution < 1.29 is 9.59 Å². The van der Waals surface area contributed by atoms with Gasteiger partial charge in [-0.3, -0.25) is 9.59 Å². The molecule has 0 amide bonds. The molecule has 27 heavy (non-hydrogen) atoms. The number of nitrogens with zero attached hydrogens (tertiary/aromatic N) is 2. The molecule has 0 N–H and O–H groups in total. The lowest BCUT2D eigenvalue weighted by Crippen LogP contribution is -2.12. The number of thiophene rings is 1. The van der Waals surface area contributed by atoms with E-state index in [4.69, 9.17) is 0 Å². The van der Waals surface area contributed by atoms with Gasteiger partial charge in [0.05, 0.1) is 10.4 Å². The molecule has 2 aliphatic carbocycles. The Balaban J connectivity index is 1.61. The number of benzene rings is 2. The Kier molecular flexibility index (Phi) is 2.92.